The van der Waals surface area contributed by atoms with E-state index >= 15 is 0 Å². The van der Waals surface area contributed by atoms with E-state index in [0.717, 1.165) is 12.1 Å². The Bertz CT molecular complexity index is 1140. The maximum absolute atomic E-state index is 13.0. The molecule has 0 spiro atoms. The minimum absolute atomic E-state index is 0.138. The number of halogens is 1. The number of fused-ring (bicyclic) bond motifs is 3. The Morgan fingerprint density at radius 2 is 1.69 bits per heavy atom. The van der Waals surface area contributed by atoms with E-state index in [-0.39, 0.29) is 11.6 Å². The summed E-state index contributed by atoms with van der Waals surface area (Å²) in [4.78, 5) is 12.2. The largest absolute Gasteiger partial charge is 0.341 e. The molecule has 0 fully saturated rings. The molecular formula is C23H18FNO. The summed E-state index contributed by atoms with van der Waals surface area (Å²) in [6, 6.07) is 20.2. The van der Waals surface area contributed by atoms with Gasteiger partial charge in [0.25, 0.3) is 0 Å². The normalized spacial score (nSPS) is 11.6. The Balaban J connectivity index is 1.72. The molecule has 0 saturated heterocycles. The molecule has 2 nitrogen and oxygen atoms in total. The Labute approximate surface area is 151 Å². The number of rotatable bonds is 4. The molecule has 26 heavy (non-hydrogen) atoms. The molecule has 1 aromatic heterocycles. The molecule has 0 radical (unpaired) electrons. The Morgan fingerprint density at radius 1 is 0.962 bits per heavy atom. The quantitative estimate of drug-likeness (QED) is 0.336. The van der Waals surface area contributed by atoms with Crippen molar-refractivity contribution in [2.24, 2.45) is 0 Å². The predicted octanol–water partition coefficient (Wildman–Crippen LogP) is 5.85. The molecule has 3 heteroatoms. The highest BCUT2D eigenvalue weighted by atomic mass is 19.1. The second-order valence-electron chi connectivity index (χ2n) is 6.24. The lowest BCUT2D eigenvalue weighted by molar-refractivity contribution is 0.104. The average Bonchev–Trinajstić information content (AvgIpc) is 2.99. The molecule has 0 bridgehead atoms. The first-order valence-corrected chi connectivity index (χ1v) is 8.66. The van der Waals surface area contributed by atoms with Crippen LogP contribution in [-0.2, 0) is 6.54 Å². The monoisotopic (exact) mass is 343 g/mol. The van der Waals surface area contributed by atoms with E-state index < -0.39 is 0 Å². The van der Waals surface area contributed by atoms with Gasteiger partial charge in [0.1, 0.15) is 5.82 Å². The third-order valence-electron chi connectivity index (χ3n) is 4.67. The first kappa shape index (κ1) is 16.3. The van der Waals surface area contributed by atoms with Crippen molar-refractivity contribution in [1.29, 1.82) is 0 Å². The molecule has 0 aliphatic carbocycles. The number of carbonyl (C=O) groups is 1. The summed E-state index contributed by atoms with van der Waals surface area (Å²) >= 11 is 0. The SMILES string of the molecule is CCn1c2ccccc2c2cc(/C=C/C(=O)c3ccc(F)cc3)ccc21. The number of aromatic nitrogens is 1. The summed E-state index contributed by atoms with van der Waals surface area (Å²) in [7, 11) is 0. The van der Waals surface area contributed by atoms with Crippen LogP contribution in [-0.4, -0.2) is 10.4 Å². The third-order valence-corrected chi connectivity index (χ3v) is 4.67. The van der Waals surface area contributed by atoms with Crippen molar-refractivity contribution in [3.8, 4) is 0 Å². The van der Waals surface area contributed by atoms with E-state index in [4.69, 9.17) is 0 Å². The lowest BCUT2D eigenvalue weighted by Gasteiger charge is -2.02. The number of para-hydroxylation sites is 1. The standard InChI is InChI=1S/C23H18FNO/c1-2-25-21-6-4-3-5-19(21)20-15-16(7-13-22(20)25)8-14-23(26)17-9-11-18(24)12-10-17/h3-15H,2H2,1H3/b14-8+. The van der Waals surface area contributed by atoms with Crippen LogP contribution in [0.4, 0.5) is 4.39 Å². The molecule has 0 atom stereocenters. The summed E-state index contributed by atoms with van der Waals surface area (Å²) in [5.41, 5.74) is 3.85. The topological polar surface area (TPSA) is 22.0 Å². The van der Waals surface area contributed by atoms with Crippen LogP contribution in [0.3, 0.4) is 0 Å². The molecule has 4 rings (SSSR count). The number of hydrogen-bond donors (Lipinski definition) is 0. The highest BCUT2D eigenvalue weighted by molar-refractivity contribution is 6.10. The van der Waals surface area contributed by atoms with Gasteiger partial charge in [-0.05, 0) is 61.0 Å². The molecule has 3 aromatic carbocycles. The minimum atomic E-state index is -0.344. The van der Waals surface area contributed by atoms with Crippen molar-refractivity contribution in [2.75, 3.05) is 0 Å². The number of ketones is 1. The van der Waals surface area contributed by atoms with Crippen LogP contribution >= 0.6 is 0 Å². The number of carbonyl (C=O) groups excluding carboxylic acids is 1. The zero-order valence-corrected chi connectivity index (χ0v) is 14.4. The van der Waals surface area contributed by atoms with Gasteiger partial charge in [0, 0.05) is 33.9 Å². The molecule has 0 aliphatic heterocycles. The summed E-state index contributed by atoms with van der Waals surface area (Å²) in [5.74, 6) is -0.482. The summed E-state index contributed by atoms with van der Waals surface area (Å²) in [5, 5.41) is 2.39. The predicted molar refractivity (Wildman–Crippen MR) is 105 cm³/mol. The Hall–Kier alpha value is -3.20. The van der Waals surface area contributed by atoms with Crippen molar-refractivity contribution >= 4 is 33.7 Å². The van der Waals surface area contributed by atoms with Crippen LogP contribution < -0.4 is 0 Å². The van der Waals surface area contributed by atoms with Crippen LogP contribution in [0.25, 0.3) is 27.9 Å². The number of benzene rings is 3. The van der Waals surface area contributed by atoms with Crippen LogP contribution in [0.15, 0.2) is 72.8 Å². The summed E-state index contributed by atoms with van der Waals surface area (Å²) in [6.07, 6.45) is 3.34. The van der Waals surface area contributed by atoms with Gasteiger partial charge in [-0.2, -0.15) is 0 Å². The Morgan fingerprint density at radius 3 is 2.46 bits per heavy atom. The van der Waals surface area contributed by atoms with Gasteiger partial charge in [-0.3, -0.25) is 4.79 Å². The number of allylic oxidation sites excluding steroid dienone is 1. The first-order valence-electron chi connectivity index (χ1n) is 8.66. The average molecular weight is 343 g/mol. The summed E-state index contributed by atoms with van der Waals surface area (Å²) < 4.78 is 15.3. The molecule has 0 N–H and O–H groups in total. The molecule has 0 amide bonds. The van der Waals surface area contributed by atoms with Gasteiger partial charge in [-0.1, -0.05) is 30.3 Å². The number of aryl methyl sites for hydroxylation is 1. The number of hydrogen-bond acceptors (Lipinski definition) is 1. The number of nitrogens with zero attached hydrogens (tertiary/aromatic N) is 1. The van der Waals surface area contributed by atoms with Gasteiger partial charge in [-0.15, -0.1) is 0 Å². The second-order valence-corrected chi connectivity index (χ2v) is 6.24. The third kappa shape index (κ3) is 2.82. The molecule has 0 saturated carbocycles. The zero-order chi connectivity index (χ0) is 18.1. The van der Waals surface area contributed by atoms with Crippen molar-refractivity contribution in [1.82, 2.24) is 4.57 Å². The van der Waals surface area contributed by atoms with Crippen molar-refractivity contribution in [3.63, 3.8) is 0 Å². The molecule has 1 heterocycles. The molecule has 4 aromatic rings. The highest BCUT2D eigenvalue weighted by Gasteiger charge is 2.09. The fourth-order valence-corrected chi connectivity index (χ4v) is 3.40. The van der Waals surface area contributed by atoms with Crippen LogP contribution in [0, 0.1) is 5.82 Å². The van der Waals surface area contributed by atoms with E-state index in [1.807, 2.05) is 18.2 Å². The van der Waals surface area contributed by atoms with Crippen molar-refractivity contribution in [2.45, 2.75) is 13.5 Å². The highest BCUT2D eigenvalue weighted by Crippen LogP contribution is 2.30. The van der Waals surface area contributed by atoms with E-state index in [1.54, 1.807) is 0 Å². The van der Waals surface area contributed by atoms with Crippen LogP contribution in [0.2, 0.25) is 0 Å². The van der Waals surface area contributed by atoms with Crippen LogP contribution in [0.1, 0.15) is 22.8 Å². The summed E-state index contributed by atoms with van der Waals surface area (Å²) in [6.45, 7) is 3.04. The lowest BCUT2D eigenvalue weighted by Crippen LogP contribution is -1.94. The molecular weight excluding hydrogens is 325 g/mol. The van der Waals surface area contributed by atoms with Crippen LogP contribution in [0.5, 0.6) is 0 Å². The molecule has 0 unspecified atom stereocenters. The Kier molecular flexibility index (Phi) is 4.13. The van der Waals surface area contributed by atoms with Crippen molar-refractivity contribution < 1.29 is 9.18 Å². The van der Waals surface area contributed by atoms with Gasteiger partial charge in [0.05, 0.1) is 0 Å². The van der Waals surface area contributed by atoms with E-state index in [0.29, 0.717) is 5.56 Å². The van der Waals surface area contributed by atoms with E-state index in [2.05, 4.69) is 41.8 Å². The van der Waals surface area contributed by atoms with Gasteiger partial charge < -0.3 is 4.57 Å². The molecule has 128 valence electrons. The van der Waals surface area contributed by atoms with E-state index in [1.165, 1.54) is 52.1 Å². The van der Waals surface area contributed by atoms with Gasteiger partial charge in [0.15, 0.2) is 5.78 Å². The second kappa shape index (κ2) is 6.60. The molecule has 0 aliphatic rings. The minimum Gasteiger partial charge on any atom is -0.341 e. The zero-order valence-electron chi connectivity index (χ0n) is 14.4. The fourth-order valence-electron chi connectivity index (χ4n) is 3.40. The van der Waals surface area contributed by atoms with Gasteiger partial charge in [-0.25, -0.2) is 4.39 Å². The maximum Gasteiger partial charge on any atom is 0.185 e. The van der Waals surface area contributed by atoms with Crippen molar-refractivity contribution in [3.05, 3.63) is 89.8 Å². The van der Waals surface area contributed by atoms with Gasteiger partial charge >= 0.3 is 0 Å². The van der Waals surface area contributed by atoms with Gasteiger partial charge in [0.2, 0.25) is 0 Å². The lowest BCUT2D eigenvalue weighted by atomic mass is 10.1. The maximum atomic E-state index is 13.0. The smallest absolute Gasteiger partial charge is 0.185 e. The van der Waals surface area contributed by atoms with E-state index in [9.17, 15) is 9.18 Å². The first-order chi connectivity index (χ1) is 12.7. The fraction of sp³-hybridized carbons (Fsp3) is 0.0870.